The van der Waals surface area contributed by atoms with Crippen molar-refractivity contribution < 1.29 is 4.79 Å². The Labute approximate surface area is 113 Å². The lowest BCUT2D eigenvalue weighted by molar-refractivity contribution is -0.113. The molecule has 0 bridgehead atoms. The van der Waals surface area contributed by atoms with Crippen molar-refractivity contribution in [3.8, 4) is 0 Å². The standard InChI is InChI=1S/C18H16O/c1-13-6-8-14(9-7-13)12-17-16-5-3-2-4-15(16)10-11-18(17)19/h2-9,12H,10-11H2,1H3/b17-12+. The summed E-state index contributed by atoms with van der Waals surface area (Å²) in [7, 11) is 0. The molecule has 0 saturated heterocycles. The number of Topliss-reactive ketones (excluding diaryl/α,β-unsaturated/α-hetero) is 1. The highest BCUT2D eigenvalue weighted by Gasteiger charge is 2.20. The average molecular weight is 248 g/mol. The second-order valence-electron chi connectivity index (χ2n) is 5.05. The Kier molecular flexibility index (Phi) is 3.04. The minimum Gasteiger partial charge on any atom is -0.294 e. The fourth-order valence-electron chi connectivity index (χ4n) is 2.52. The Morgan fingerprint density at radius 1 is 0.947 bits per heavy atom. The number of rotatable bonds is 1. The van der Waals surface area contributed by atoms with E-state index in [0.29, 0.717) is 6.42 Å². The Balaban J connectivity index is 2.08. The predicted molar refractivity (Wildman–Crippen MR) is 78.8 cm³/mol. The number of hydrogen-bond acceptors (Lipinski definition) is 1. The van der Waals surface area contributed by atoms with Gasteiger partial charge in [-0.25, -0.2) is 0 Å². The number of carbonyl (C=O) groups excluding carboxylic acids is 1. The Bertz CT molecular complexity index is 648. The molecule has 2 aromatic rings. The first-order valence-corrected chi connectivity index (χ1v) is 6.64. The van der Waals surface area contributed by atoms with Crippen molar-refractivity contribution in [2.24, 2.45) is 0 Å². The average Bonchev–Trinajstić information content (AvgIpc) is 2.44. The molecule has 94 valence electrons. The third kappa shape index (κ3) is 2.37. The van der Waals surface area contributed by atoms with E-state index in [0.717, 1.165) is 23.1 Å². The largest absolute Gasteiger partial charge is 0.294 e. The zero-order valence-electron chi connectivity index (χ0n) is 11.0. The van der Waals surface area contributed by atoms with Gasteiger partial charge in [-0.1, -0.05) is 54.1 Å². The molecule has 0 saturated carbocycles. The molecule has 1 heteroatoms. The third-order valence-corrected chi connectivity index (χ3v) is 3.62. The van der Waals surface area contributed by atoms with Crippen molar-refractivity contribution in [3.63, 3.8) is 0 Å². The molecule has 19 heavy (non-hydrogen) atoms. The van der Waals surface area contributed by atoms with E-state index in [4.69, 9.17) is 0 Å². The van der Waals surface area contributed by atoms with Crippen LogP contribution in [-0.2, 0) is 11.2 Å². The summed E-state index contributed by atoms with van der Waals surface area (Å²) in [5.74, 6) is 0.249. The van der Waals surface area contributed by atoms with Gasteiger partial charge in [-0.3, -0.25) is 4.79 Å². The first-order valence-electron chi connectivity index (χ1n) is 6.64. The van der Waals surface area contributed by atoms with Gasteiger partial charge in [-0.2, -0.15) is 0 Å². The lowest BCUT2D eigenvalue weighted by atomic mass is 9.85. The van der Waals surface area contributed by atoms with Gasteiger partial charge < -0.3 is 0 Å². The predicted octanol–water partition coefficient (Wildman–Crippen LogP) is 4.05. The van der Waals surface area contributed by atoms with Crippen molar-refractivity contribution in [2.45, 2.75) is 19.8 Å². The molecule has 1 nitrogen and oxygen atoms in total. The van der Waals surface area contributed by atoms with E-state index in [1.165, 1.54) is 11.1 Å². The van der Waals surface area contributed by atoms with E-state index in [1.54, 1.807) is 0 Å². The fourth-order valence-corrected chi connectivity index (χ4v) is 2.52. The molecular formula is C18H16O. The quantitative estimate of drug-likeness (QED) is 0.696. The summed E-state index contributed by atoms with van der Waals surface area (Å²) in [5, 5.41) is 0. The molecule has 0 amide bonds. The topological polar surface area (TPSA) is 17.1 Å². The van der Waals surface area contributed by atoms with Crippen LogP contribution in [0.25, 0.3) is 11.6 Å². The smallest absolute Gasteiger partial charge is 0.163 e. The van der Waals surface area contributed by atoms with Crippen molar-refractivity contribution in [1.82, 2.24) is 0 Å². The third-order valence-electron chi connectivity index (χ3n) is 3.62. The molecule has 0 radical (unpaired) electrons. The van der Waals surface area contributed by atoms with Crippen LogP contribution in [0.2, 0.25) is 0 Å². The highest BCUT2D eigenvalue weighted by Crippen LogP contribution is 2.29. The highest BCUT2D eigenvalue weighted by atomic mass is 16.1. The van der Waals surface area contributed by atoms with Crippen molar-refractivity contribution >= 4 is 17.4 Å². The molecular weight excluding hydrogens is 232 g/mol. The Morgan fingerprint density at radius 3 is 2.47 bits per heavy atom. The van der Waals surface area contributed by atoms with Gasteiger partial charge >= 0.3 is 0 Å². The number of ketones is 1. The first-order chi connectivity index (χ1) is 9.24. The molecule has 0 heterocycles. The van der Waals surface area contributed by atoms with Crippen molar-refractivity contribution in [2.75, 3.05) is 0 Å². The van der Waals surface area contributed by atoms with E-state index in [9.17, 15) is 4.79 Å². The monoisotopic (exact) mass is 248 g/mol. The van der Waals surface area contributed by atoms with E-state index in [2.05, 4.69) is 37.3 Å². The van der Waals surface area contributed by atoms with Crippen LogP contribution in [0.15, 0.2) is 48.5 Å². The Morgan fingerprint density at radius 2 is 1.68 bits per heavy atom. The maximum absolute atomic E-state index is 12.2. The van der Waals surface area contributed by atoms with Crippen LogP contribution in [0.4, 0.5) is 0 Å². The minimum absolute atomic E-state index is 0.249. The minimum atomic E-state index is 0.249. The molecule has 0 atom stereocenters. The molecule has 0 spiro atoms. The molecule has 0 N–H and O–H groups in total. The second kappa shape index (κ2) is 4.85. The number of aryl methyl sites for hydroxylation is 2. The van der Waals surface area contributed by atoms with Gasteiger partial charge in [0.2, 0.25) is 0 Å². The van der Waals surface area contributed by atoms with E-state index >= 15 is 0 Å². The molecule has 0 aromatic heterocycles. The van der Waals surface area contributed by atoms with Crippen LogP contribution in [0.1, 0.15) is 28.7 Å². The van der Waals surface area contributed by atoms with E-state index in [-0.39, 0.29) is 5.78 Å². The first kappa shape index (κ1) is 11.9. The van der Waals surface area contributed by atoms with Crippen LogP contribution < -0.4 is 0 Å². The zero-order chi connectivity index (χ0) is 13.2. The van der Waals surface area contributed by atoms with E-state index in [1.807, 2.05) is 24.3 Å². The zero-order valence-corrected chi connectivity index (χ0v) is 11.0. The van der Waals surface area contributed by atoms with Gasteiger partial charge in [0, 0.05) is 12.0 Å². The summed E-state index contributed by atoms with van der Waals surface area (Å²) in [4.78, 5) is 12.2. The molecule has 1 aliphatic rings. The van der Waals surface area contributed by atoms with Gasteiger partial charge in [0.1, 0.15) is 0 Å². The second-order valence-corrected chi connectivity index (χ2v) is 5.05. The normalized spacial score (nSPS) is 16.5. The van der Waals surface area contributed by atoms with Gasteiger partial charge in [0.25, 0.3) is 0 Å². The number of allylic oxidation sites excluding steroid dienone is 1. The maximum atomic E-state index is 12.2. The Hall–Kier alpha value is -2.15. The lowest BCUT2D eigenvalue weighted by Gasteiger charge is -2.17. The summed E-state index contributed by atoms with van der Waals surface area (Å²) in [6.45, 7) is 2.07. The van der Waals surface area contributed by atoms with Gasteiger partial charge in [-0.15, -0.1) is 0 Å². The van der Waals surface area contributed by atoms with Crippen LogP contribution in [0.3, 0.4) is 0 Å². The highest BCUT2D eigenvalue weighted by molar-refractivity contribution is 6.26. The van der Waals surface area contributed by atoms with Gasteiger partial charge in [-0.05, 0) is 36.1 Å². The molecule has 0 unspecified atom stereocenters. The van der Waals surface area contributed by atoms with Crippen LogP contribution in [-0.4, -0.2) is 5.78 Å². The van der Waals surface area contributed by atoms with Crippen LogP contribution >= 0.6 is 0 Å². The van der Waals surface area contributed by atoms with Crippen LogP contribution in [0, 0.1) is 6.92 Å². The molecule has 0 fully saturated rings. The summed E-state index contributed by atoms with van der Waals surface area (Å²) in [5.41, 5.74) is 5.55. The molecule has 0 aliphatic heterocycles. The lowest BCUT2D eigenvalue weighted by Crippen LogP contribution is -2.12. The fraction of sp³-hybridized carbons (Fsp3) is 0.167. The number of hydrogen-bond donors (Lipinski definition) is 0. The summed E-state index contributed by atoms with van der Waals surface area (Å²) in [6, 6.07) is 16.5. The van der Waals surface area contributed by atoms with E-state index < -0.39 is 0 Å². The molecule has 3 rings (SSSR count). The summed E-state index contributed by atoms with van der Waals surface area (Å²) < 4.78 is 0. The van der Waals surface area contributed by atoms with Gasteiger partial charge in [0.05, 0.1) is 0 Å². The molecule has 1 aliphatic carbocycles. The summed E-state index contributed by atoms with van der Waals surface area (Å²) >= 11 is 0. The number of fused-ring (bicyclic) bond motifs is 1. The summed E-state index contributed by atoms with van der Waals surface area (Å²) in [6.07, 6.45) is 3.49. The van der Waals surface area contributed by atoms with Crippen molar-refractivity contribution in [3.05, 3.63) is 70.8 Å². The number of benzene rings is 2. The van der Waals surface area contributed by atoms with Crippen LogP contribution in [0.5, 0.6) is 0 Å². The SMILES string of the molecule is Cc1ccc(/C=C2/C(=O)CCc3ccccc32)cc1. The maximum Gasteiger partial charge on any atom is 0.163 e. The number of carbonyl (C=O) groups is 1. The van der Waals surface area contributed by atoms with Crippen molar-refractivity contribution in [1.29, 1.82) is 0 Å². The van der Waals surface area contributed by atoms with Gasteiger partial charge in [0.15, 0.2) is 5.78 Å². The molecule has 2 aromatic carbocycles.